The van der Waals surface area contributed by atoms with Gasteiger partial charge in [0.05, 0.1) is 0 Å². The molecule has 0 saturated carbocycles. The Kier molecular flexibility index (Phi) is 2.95. The van der Waals surface area contributed by atoms with Crippen molar-refractivity contribution in [2.24, 2.45) is 5.73 Å². The molecule has 0 atom stereocenters. The van der Waals surface area contributed by atoms with Gasteiger partial charge < -0.3 is 10.6 Å². The highest BCUT2D eigenvalue weighted by Crippen LogP contribution is 2.27. The summed E-state index contributed by atoms with van der Waals surface area (Å²) >= 11 is 0. The molecule has 0 saturated heterocycles. The van der Waals surface area contributed by atoms with Crippen LogP contribution in [0.2, 0.25) is 0 Å². The molecule has 0 unspecified atom stereocenters. The summed E-state index contributed by atoms with van der Waals surface area (Å²) in [6, 6.07) is 6.25. The number of aryl methyl sites for hydroxylation is 1. The Hall–Kier alpha value is -1.77. The van der Waals surface area contributed by atoms with E-state index in [1.165, 1.54) is 23.7 Å². The van der Waals surface area contributed by atoms with Crippen molar-refractivity contribution in [3.8, 4) is 0 Å². The maximum Gasteiger partial charge on any atom is 0.241 e. The van der Waals surface area contributed by atoms with E-state index in [-0.39, 0.29) is 0 Å². The fourth-order valence-corrected chi connectivity index (χ4v) is 2.09. The molecule has 0 spiro atoms. The largest absolute Gasteiger partial charge is 0.374 e. The standard InChI is InChI=1S/C13H16N2O/c1-15-8-2-3-11-9-10(4-6-12(11)15)5-7-13(14)16/h4-7,9H,2-3,8H2,1H3,(H2,14,16)/b7-5+. The molecule has 2 N–H and O–H groups in total. The van der Waals surface area contributed by atoms with Crippen molar-refractivity contribution in [2.45, 2.75) is 12.8 Å². The molecule has 0 bridgehead atoms. The number of nitrogens with two attached hydrogens (primary N) is 1. The van der Waals surface area contributed by atoms with Crippen molar-refractivity contribution in [3.05, 3.63) is 35.4 Å². The average molecular weight is 216 g/mol. The van der Waals surface area contributed by atoms with Gasteiger partial charge in [0, 0.05) is 25.4 Å². The van der Waals surface area contributed by atoms with Crippen LogP contribution in [0.5, 0.6) is 0 Å². The van der Waals surface area contributed by atoms with Crippen LogP contribution in [0, 0.1) is 0 Å². The monoisotopic (exact) mass is 216 g/mol. The molecule has 1 aromatic carbocycles. The second kappa shape index (κ2) is 4.39. The third kappa shape index (κ3) is 2.24. The van der Waals surface area contributed by atoms with Gasteiger partial charge in [0.25, 0.3) is 0 Å². The van der Waals surface area contributed by atoms with Crippen LogP contribution in [-0.4, -0.2) is 19.5 Å². The first-order chi connectivity index (χ1) is 7.66. The Bertz CT molecular complexity index is 438. The van der Waals surface area contributed by atoms with Gasteiger partial charge in [-0.05, 0) is 42.2 Å². The number of anilines is 1. The maximum atomic E-state index is 10.6. The normalized spacial score (nSPS) is 15.2. The summed E-state index contributed by atoms with van der Waals surface area (Å²) in [5.74, 6) is -0.408. The van der Waals surface area contributed by atoms with Crippen LogP contribution in [0.1, 0.15) is 17.5 Å². The van der Waals surface area contributed by atoms with Gasteiger partial charge in [-0.2, -0.15) is 0 Å². The molecule has 1 aliphatic heterocycles. The Labute approximate surface area is 95.6 Å². The minimum absolute atomic E-state index is 0.408. The van der Waals surface area contributed by atoms with Gasteiger partial charge in [0.1, 0.15) is 0 Å². The maximum absolute atomic E-state index is 10.6. The van der Waals surface area contributed by atoms with Crippen molar-refractivity contribution < 1.29 is 4.79 Å². The fraction of sp³-hybridized carbons (Fsp3) is 0.308. The third-order valence-electron chi connectivity index (χ3n) is 2.89. The minimum atomic E-state index is -0.408. The lowest BCUT2D eigenvalue weighted by Crippen LogP contribution is -2.24. The van der Waals surface area contributed by atoms with Crippen LogP contribution in [0.4, 0.5) is 5.69 Å². The van der Waals surface area contributed by atoms with Crippen LogP contribution in [-0.2, 0) is 11.2 Å². The molecular formula is C13H16N2O. The van der Waals surface area contributed by atoms with Crippen LogP contribution in [0.15, 0.2) is 24.3 Å². The Morgan fingerprint density at radius 3 is 3.06 bits per heavy atom. The number of carbonyl (C=O) groups excluding carboxylic acids is 1. The lowest BCUT2D eigenvalue weighted by molar-refractivity contribution is -0.113. The lowest BCUT2D eigenvalue weighted by Gasteiger charge is -2.27. The van der Waals surface area contributed by atoms with Gasteiger partial charge in [-0.25, -0.2) is 0 Å². The molecule has 0 aromatic heterocycles. The summed E-state index contributed by atoms with van der Waals surface area (Å²) in [7, 11) is 2.11. The Balaban J connectivity index is 2.28. The number of primary amides is 1. The molecule has 0 aliphatic carbocycles. The zero-order chi connectivity index (χ0) is 11.5. The van der Waals surface area contributed by atoms with E-state index in [9.17, 15) is 4.79 Å². The smallest absolute Gasteiger partial charge is 0.241 e. The van der Waals surface area contributed by atoms with Crippen LogP contribution in [0.3, 0.4) is 0 Å². The number of rotatable bonds is 2. The SMILES string of the molecule is CN1CCCc2cc(/C=C/C(N)=O)ccc21. The van der Waals surface area contributed by atoms with Crippen LogP contribution < -0.4 is 10.6 Å². The van der Waals surface area contributed by atoms with Gasteiger partial charge in [-0.3, -0.25) is 4.79 Å². The Morgan fingerprint density at radius 1 is 1.50 bits per heavy atom. The second-order valence-electron chi connectivity index (χ2n) is 4.15. The molecule has 16 heavy (non-hydrogen) atoms. The molecule has 3 heteroatoms. The van der Waals surface area contributed by atoms with E-state index < -0.39 is 5.91 Å². The predicted molar refractivity (Wildman–Crippen MR) is 66.3 cm³/mol. The first-order valence-corrected chi connectivity index (χ1v) is 5.48. The van der Waals surface area contributed by atoms with Gasteiger partial charge in [0.2, 0.25) is 5.91 Å². The summed E-state index contributed by atoms with van der Waals surface area (Å²) in [4.78, 5) is 12.9. The highest BCUT2D eigenvalue weighted by atomic mass is 16.1. The molecule has 1 amide bonds. The highest BCUT2D eigenvalue weighted by molar-refractivity contribution is 5.90. The molecule has 0 radical (unpaired) electrons. The van der Waals surface area contributed by atoms with Gasteiger partial charge >= 0.3 is 0 Å². The van der Waals surface area contributed by atoms with E-state index >= 15 is 0 Å². The van der Waals surface area contributed by atoms with E-state index in [1.54, 1.807) is 6.08 Å². The zero-order valence-corrected chi connectivity index (χ0v) is 9.44. The number of nitrogens with zero attached hydrogens (tertiary/aromatic N) is 1. The minimum Gasteiger partial charge on any atom is -0.374 e. The van der Waals surface area contributed by atoms with Gasteiger partial charge in [-0.15, -0.1) is 0 Å². The van der Waals surface area contributed by atoms with Crippen molar-refractivity contribution in [1.29, 1.82) is 0 Å². The molecular weight excluding hydrogens is 200 g/mol. The molecule has 3 nitrogen and oxygen atoms in total. The van der Waals surface area contributed by atoms with E-state index in [2.05, 4.69) is 24.1 Å². The van der Waals surface area contributed by atoms with Gasteiger partial charge in [0.15, 0.2) is 0 Å². The first kappa shape index (κ1) is 10.7. The summed E-state index contributed by atoms with van der Waals surface area (Å²) < 4.78 is 0. The van der Waals surface area contributed by atoms with Crippen molar-refractivity contribution >= 4 is 17.7 Å². The summed E-state index contributed by atoms with van der Waals surface area (Å²) in [6.45, 7) is 1.11. The molecule has 2 rings (SSSR count). The highest BCUT2D eigenvalue weighted by Gasteiger charge is 2.12. The van der Waals surface area contributed by atoms with E-state index in [0.717, 1.165) is 18.5 Å². The zero-order valence-electron chi connectivity index (χ0n) is 9.44. The van der Waals surface area contributed by atoms with E-state index in [0.29, 0.717) is 0 Å². The fourth-order valence-electron chi connectivity index (χ4n) is 2.09. The third-order valence-corrected chi connectivity index (χ3v) is 2.89. The molecule has 1 heterocycles. The van der Waals surface area contributed by atoms with Gasteiger partial charge in [-0.1, -0.05) is 6.07 Å². The molecule has 1 aliphatic rings. The summed E-state index contributed by atoms with van der Waals surface area (Å²) in [5, 5.41) is 0. The quantitative estimate of drug-likeness (QED) is 0.763. The van der Waals surface area contributed by atoms with Crippen molar-refractivity contribution in [2.75, 3.05) is 18.5 Å². The van der Waals surface area contributed by atoms with E-state index in [4.69, 9.17) is 5.73 Å². The topological polar surface area (TPSA) is 46.3 Å². The molecule has 1 aromatic rings. The number of benzene rings is 1. The number of carbonyl (C=O) groups is 1. The van der Waals surface area contributed by atoms with Crippen LogP contribution in [0.25, 0.3) is 6.08 Å². The van der Waals surface area contributed by atoms with Crippen molar-refractivity contribution in [3.63, 3.8) is 0 Å². The number of hydrogen-bond acceptors (Lipinski definition) is 2. The van der Waals surface area contributed by atoms with E-state index in [1.807, 2.05) is 6.07 Å². The Morgan fingerprint density at radius 2 is 2.31 bits per heavy atom. The summed E-state index contributed by atoms with van der Waals surface area (Å²) in [5.41, 5.74) is 8.74. The summed E-state index contributed by atoms with van der Waals surface area (Å²) in [6.07, 6.45) is 5.45. The number of fused-ring (bicyclic) bond motifs is 1. The molecule has 0 fully saturated rings. The van der Waals surface area contributed by atoms with Crippen LogP contribution >= 0.6 is 0 Å². The van der Waals surface area contributed by atoms with Crippen molar-refractivity contribution in [1.82, 2.24) is 0 Å². The second-order valence-corrected chi connectivity index (χ2v) is 4.15. The predicted octanol–water partition coefficient (Wildman–Crippen LogP) is 1.57. The average Bonchev–Trinajstić information content (AvgIpc) is 2.26. The molecule has 84 valence electrons. The lowest BCUT2D eigenvalue weighted by atomic mass is 9.99. The number of hydrogen-bond donors (Lipinski definition) is 1. The first-order valence-electron chi connectivity index (χ1n) is 5.48. The number of amides is 1.